The van der Waals surface area contributed by atoms with E-state index in [1.165, 1.54) is 12.1 Å². The number of hydrogen-bond acceptors (Lipinski definition) is 8. The van der Waals surface area contributed by atoms with Crippen molar-refractivity contribution in [2.45, 2.75) is 75.6 Å². The second kappa shape index (κ2) is 10.1. The molecule has 42 heavy (non-hydrogen) atoms. The summed E-state index contributed by atoms with van der Waals surface area (Å²) in [6, 6.07) is 2.99. The van der Waals surface area contributed by atoms with Crippen LogP contribution in [0.3, 0.4) is 0 Å². The van der Waals surface area contributed by atoms with Crippen LogP contribution in [0.2, 0.25) is 5.02 Å². The molecule has 3 aromatic rings. The molecular formula is C31H36ClF2N5O3. The smallest absolute Gasteiger partial charge is 0.319 e. The highest BCUT2D eigenvalue weighted by Crippen LogP contribution is 2.53. The molecule has 2 aromatic heterocycles. The van der Waals surface area contributed by atoms with Crippen molar-refractivity contribution in [3.8, 4) is 23.0 Å². The van der Waals surface area contributed by atoms with E-state index in [0.717, 1.165) is 37.8 Å². The van der Waals surface area contributed by atoms with E-state index in [4.69, 9.17) is 21.3 Å². The van der Waals surface area contributed by atoms with Crippen molar-refractivity contribution in [1.29, 1.82) is 0 Å². The van der Waals surface area contributed by atoms with E-state index in [-0.39, 0.29) is 35.5 Å². The van der Waals surface area contributed by atoms with Crippen LogP contribution in [0, 0.1) is 11.7 Å². The number of fused-ring (bicyclic) bond motifs is 2. The fourth-order valence-electron chi connectivity index (χ4n) is 7.46. The SMILES string of the molecule is C[C@@H]1C[C@@H]1c1c(Cl)cc(O)cc1-c1ncc2c(N3CCC[C@@](C)(O)C3)nc(OC[C@@]34CCCN3C[C@H](F)C4)nc2c1F. The van der Waals surface area contributed by atoms with Gasteiger partial charge in [-0.05, 0) is 75.1 Å². The Morgan fingerprint density at radius 3 is 2.74 bits per heavy atom. The van der Waals surface area contributed by atoms with Gasteiger partial charge in [-0.2, -0.15) is 9.97 Å². The molecule has 5 heterocycles. The molecule has 11 heteroatoms. The first-order valence-electron chi connectivity index (χ1n) is 14.9. The lowest BCUT2D eigenvalue weighted by Gasteiger charge is -2.38. The summed E-state index contributed by atoms with van der Waals surface area (Å²) in [4.78, 5) is 17.9. The van der Waals surface area contributed by atoms with Crippen molar-refractivity contribution >= 4 is 28.3 Å². The number of phenols is 1. The highest BCUT2D eigenvalue weighted by Gasteiger charge is 2.49. The van der Waals surface area contributed by atoms with Gasteiger partial charge >= 0.3 is 6.01 Å². The monoisotopic (exact) mass is 599 g/mol. The standard InChI is InChI=1S/C31H36ClF2N5O3/c1-17-9-20(17)24-21(10-19(40)11-23(24)32)26-25(34)27-22(13-35-26)28(38-7-3-5-30(2,41)15-38)37-29(36-27)42-16-31-6-4-8-39(31)14-18(33)12-31/h10-11,13,17-18,20,40-41H,3-9,12,14-16H2,1-2H3/t17-,18-,20+,30-,31+/m1/s1. The predicted molar refractivity (Wildman–Crippen MR) is 157 cm³/mol. The number of aliphatic hydroxyl groups is 1. The van der Waals surface area contributed by atoms with Crippen molar-refractivity contribution in [2.75, 3.05) is 37.7 Å². The number of halogens is 3. The summed E-state index contributed by atoms with van der Waals surface area (Å²) >= 11 is 6.57. The molecule has 8 nitrogen and oxygen atoms in total. The Bertz CT molecular complexity index is 1560. The van der Waals surface area contributed by atoms with Crippen molar-refractivity contribution in [3.05, 3.63) is 34.7 Å². The van der Waals surface area contributed by atoms with Gasteiger partial charge in [-0.25, -0.2) is 8.78 Å². The van der Waals surface area contributed by atoms with E-state index >= 15 is 4.39 Å². The fraction of sp³-hybridized carbons (Fsp3) is 0.581. The van der Waals surface area contributed by atoms with Gasteiger partial charge in [0.05, 0.1) is 16.5 Å². The normalized spacial score (nSPS) is 31.1. The minimum Gasteiger partial charge on any atom is -0.508 e. The fourth-order valence-corrected chi connectivity index (χ4v) is 7.82. The van der Waals surface area contributed by atoms with Gasteiger partial charge in [0.2, 0.25) is 0 Å². The minimum absolute atomic E-state index is 0.00674. The number of aromatic nitrogens is 3. The Kier molecular flexibility index (Phi) is 6.75. The molecular weight excluding hydrogens is 564 g/mol. The Labute approximate surface area is 248 Å². The molecule has 1 aliphatic carbocycles. The third-order valence-electron chi connectivity index (χ3n) is 9.70. The van der Waals surface area contributed by atoms with Crippen molar-refractivity contribution < 1.29 is 23.7 Å². The second-order valence-electron chi connectivity index (χ2n) is 13.1. The molecule has 4 fully saturated rings. The first-order valence-corrected chi connectivity index (χ1v) is 15.3. The Morgan fingerprint density at radius 2 is 1.98 bits per heavy atom. The van der Waals surface area contributed by atoms with Crippen LogP contribution in [0.5, 0.6) is 11.8 Å². The number of benzene rings is 1. The van der Waals surface area contributed by atoms with Gasteiger partial charge in [0.1, 0.15) is 35.6 Å². The van der Waals surface area contributed by atoms with E-state index in [2.05, 4.69) is 21.8 Å². The summed E-state index contributed by atoms with van der Waals surface area (Å²) in [5.74, 6) is 0.253. The highest BCUT2D eigenvalue weighted by molar-refractivity contribution is 6.32. The molecule has 5 atom stereocenters. The number of nitrogens with zero attached hydrogens (tertiary/aromatic N) is 5. The minimum atomic E-state index is -0.931. The molecule has 0 spiro atoms. The van der Waals surface area contributed by atoms with Gasteiger partial charge in [-0.1, -0.05) is 18.5 Å². The Morgan fingerprint density at radius 1 is 1.19 bits per heavy atom. The summed E-state index contributed by atoms with van der Waals surface area (Å²) in [6.07, 6.45) is 5.15. The van der Waals surface area contributed by atoms with E-state index in [1.807, 2.05) is 4.90 Å². The molecule has 224 valence electrons. The van der Waals surface area contributed by atoms with Crippen LogP contribution in [-0.2, 0) is 0 Å². The first kappa shape index (κ1) is 28.0. The van der Waals surface area contributed by atoms with Gasteiger partial charge in [0.15, 0.2) is 5.82 Å². The zero-order valence-electron chi connectivity index (χ0n) is 23.9. The zero-order chi connectivity index (χ0) is 29.4. The molecule has 1 saturated carbocycles. The number of β-amino-alcohol motifs (C(OH)–C–C–N with tert-alkyl or cyclic N) is 1. The molecule has 0 radical (unpaired) electrons. The molecule has 3 saturated heterocycles. The van der Waals surface area contributed by atoms with E-state index in [1.54, 1.807) is 13.1 Å². The van der Waals surface area contributed by atoms with Crippen LogP contribution in [0.4, 0.5) is 14.6 Å². The maximum atomic E-state index is 16.6. The van der Waals surface area contributed by atoms with Gasteiger partial charge in [-0.3, -0.25) is 9.88 Å². The summed E-state index contributed by atoms with van der Waals surface area (Å²) < 4.78 is 37.2. The molecule has 0 unspecified atom stereocenters. The molecule has 0 bridgehead atoms. The summed E-state index contributed by atoms with van der Waals surface area (Å²) in [5.41, 5.74) is -0.0454. The molecule has 2 N–H and O–H groups in total. The predicted octanol–water partition coefficient (Wildman–Crippen LogP) is 5.62. The number of aromatic hydroxyl groups is 1. The number of pyridine rings is 1. The quantitative estimate of drug-likeness (QED) is 0.377. The lowest BCUT2D eigenvalue weighted by atomic mass is 9.95. The number of rotatable bonds is 6. The Hall–Kier alpha value is -2.82. The van der Waals surface area contributed by atoms with Crippen LogP contribution < -0.4 is 9.64 Å². The summed E-state index contributed by atoms with van der Waals surface area (Å²) in [6.45, 7) is 6.26. The lowest BCUT2D eigenvalue weighted by molar-refractivity contribution is 0.0447. The molecule has 7 rings (SSSR count). The number of phenolic OH excluding ortho intramolecular Hbond substituents is 1. The average molecular weight is 600 g/mol. The van der Waals surface area contributed by atoms with E-state index in [0.29, 0.717) is 60.2 Å². The number of ether oxygens (including phenoxy) is 1. The topological polar surface area (TPSA) is 94.8 Å². The molecule has 1 aromatic carbocycles. The molecule has 3 aliphatic heterocycles. The zero-order valence-corrected chi connectivity index (χ0v) is 24.7. The van der Waals surface area contributed by atoms with Gasteiger partial charge < -0.3 is 19.8 Å². The van der Waals surface area contributed by atoms with Crippen LogP contribution in [-0.4, -0.2) is 80.2 Å². The van der Waals surface area contributed by atoms with Crippen LogP contribution >= 0.6 is 11.6 Å². The highest BCUT2D eigenvalue weighted by atomic mass is 35.5. The van der Waals surface area contributed by atoms with Crippen LogP contribution in [0.25, 0.3) is 22.2 Å². The number of hydrogen-bond donors (Lipinski definition) is 2. The third kappa shape index (κ3) is 4.85. The second-order valence-corrected chi connectivity index (χ2v) is 13.5. The largest absolute Gasteiger partial charge is 0.508 e. The first-order chi connectivity index (χ1) is 20.0. The van der Waals surface area contributed by atoms with E-state index in [9.17, 15) is 14.6 Å². The maximum Gasteiger partial charge on any atom is 0.319 e. The Balaban J connectivity index is 1.34. The van der Waals surface area contributed by atoms with Gasteiger partial charge in [-0.15, -0.1) is 0 Å². The lowest BCUT2D eigenvalue weighted by Crippen LogP contribution is -2.46. The van der Waals surface area contributed by atoms with Crippen LogP contribution in [0.1, 0.15) is 63.9 Å². The van der Waals surface area contributed by atoms with E-state index < -0.39 is 23.1 Å². The van der Waals surface area contributed by atoms with Crippen molar-refractivity contribution in [1.82, 2.24) is 19.9 Å². The van der Waals surface area contributed by atoms with Gasteiger partial charge in [0.25, 0.3) is 0 Å². The van der Waals surface area contributed by atoms with Crippen molar-refractivity contribution in [3.63, 3.8) is 0 Å². The number of anilines is 1. The van der Waals surface area contributed by atoms with Crippen molar-refractivity contribution in [2.24, 2.45) is 5.92 Å². The summed E-state index contributed by atoms with van der Waals surface area (Å²) in [5, 5.41) is 22.0. The molecule has 4 aliphatic rings. The number of piperidine rings is 1. The third-order valence-corrected chi connectivity index (χ3v) is 10.0. The number of alkyl halides is 1. The van der Waals surface area contributed by atoms with Crippen LogP contribution in [0.15, 0.2) is 18.3 Å². The average Bonchev–Trinajstić information content (AvgIpc) is 3.37. The maximum absolute atomic E-state index is 16.6. The van der Waals surface area contributed by atoms with Gasteiger partial charge in [0, 0.05) is 42.8 Å². The summed E-state index contributed by atoms with van der Waals surface area (Å²) in [7, 11) is 0. The molecule has 0 amide bonds.